The molecule has 0 amide bonds. The Morgan fingerprint density at radius 3 is 1.62 bits per heavy atom. The van der Waals surface area contributed by atoms with Gasteiger partial charge in [-0.15, -0.1) is 0 Å². The third kappa shape index (κ3) is 2.50. The molecule has 0 saturated heterocycles. The molecule has 0 radical (unpaired) electrons. The van der Waals surface area contributed by atoms with E-state index in [1.807, 2.05) is 12.1 Å². The molecule has 2 rings (SSSR count). The van der Waals surface area contributed by atoms with E-state index in [2.05, 4.69) is 66.0 Å². The van der Waals surface area contributed by atoms with Crippen LogP contribution in [0.4, 0.5) is 11.4 Å². The normalized spacial score (nSPS) is 10.6. The van der Waals surface area contributed by atoms with Crippen LogP contribution in [0.1, 0.15) is 0 Å². The van der Waals surface area contributed by atoms with Gasteiger partial charge in [0.25, 0.3) is 0 Å². The van der Waals surface area contributed by atoms with E-state index in [0.29, 0.717) is 0 Å². The molecule has 1 nitrogen and oxygen atoms in total. The van der Waals surface area contributed by atoms with Gasteiger partial charge in [0, 0.05) is 17.3 Å². The number of para-hydroxylation sites is 2. The topological polar surface area (TPSA) is 3.24 Å². The van der Waals surface area contributed by atoms with Crippen LogP contribution in [0.5, 0.6) is 0 Å². The number of benzene rings is 2. The van der Waals surface area contributed by atoms with Gasteiger partial charge < -0.3 is 4.90 Å². The summed E-state index contributed by atoms with van der Waals surface area (Å²) in [4.78, 5) is 2.21. The monoisotopic (exact) mass is 227 g/mol. The van der Waals surface area contributed by atoms with Gasteiger partial charge >= 0.3 is 0 Å². The Labute approximate surface area is 98.2 Å². The van der Waals surface area contributed by atoms with Crippen LogP contribution in [0, 0.1) is 0 Å². The lowest BCUT2D eigenvalue weighted by Gasteiger charge is -2.20. The van der Waals surface area contributed by atoms with Gasteiger partial charge in [-0.25, -0.2) is 0 Å². The van der Waals surface area contributed by atoms with Crippen molar-refractivity contribution in [3.8, 4) is 0 Å². The minimum absolute atomic E-state index is 1.20. The zero-order chi connectivity index (χ0) is 11.2. The molecular formula is C14H14NP. The predicted octanol–water partition coefficient (Wildman–Crippen LogP) is 4.16. The van der Waals surface area contributed by atoms with Crippen molar-refractivity contribution in [1.82, 2.24) is 0 Å². The number of rotatable bonds is 3. The summed E-state index contributed by atoms with van der Waals surface area (Å²) in [6.45, 7) is 2.12. The fraction of sp³-hybridized carbons (Fsp3) is 0.0714. The van der Waals surface area contributed by atoms with Gasteiger partial charge in [-0.2, -0.15) is 0 Å². The summed E-state index contributed by atoms with van der Waals surface area (Å²) in [5.41, 5.74) is 2.39. The molecule has 0 unspecified atom stereocenters. The quantitative estimate of drug-likeness (QED) is 0.711. The van der Waals surface area contributed by atoms with Gasteiger partial charge in [0.2, 0.25) is 0 Å². The molecule has 2 heteroatoms. The molecule has 2 aromatic rings. The fourth-order valence-electron chi connectivity index (χ4n) is 1.58. The van der Waals surface area contributed by atoms with E-state index in [1.165, 1.54) is 19.6 Å². The average molecular weight is 227 g/mol. The van der Waals surface area contributed by atoms with Crippen molar-refractivity contribution in [3.05, 3.63) is 60.7 Å². The smallest absolute Gasteiger partial charge is 0.0459 e. The Morgan fingerprint density at radius 2 is 1.25 bits per heavy atom. The third-order valence-corrected chi connectivity index (χ3v) is 2.76. The maximum atomic E-state index is 2.21. The zero-order valence-corrected chi connectivity index (χ0v) is 10.1. The van der Waals surface area contributed by atoms with Crippen molar-refractivity contribution in [2.75, 3.05) is 11.6 Å². The standard InChI is InChI=1S/C14H14NP/c1-16-12-15(13-8-4-2-5-9-13)14-10-6-3-7-11-14/h2-12H,1H3. The first-order valence-electron chi connectivity index (χ1n) is 5.23. The van der Waals surface area contributed by atoms with Crippen LogP contribution in [-0.2, 0) is 0 Å². The second kappa shape index (κ2) is 5.48. The van der Waals surface area contributed by atoms with E-state index in [-0.39, 0.29) is 0 Å². The van der Waals surface area contributed by atoms with E-state index in [0.717, 1.165) is 0 Å². The molecule has 0 heterocycles. The molecule has 80 valence electrons. The van der Waals surface area contributed by atoms with Gasteiger partial charge in [-0.3, -0.25) is 0 Å². The van der Waals surface area contributed by atoms with Gasteiger partial charge in [-0.05, 0) is 30.9 Å². The molecule has 0 atom stereocenters. The first-order valence-corrected chi connectivity index (χ1v) is 6.64. The molecule has 0 spiro atoms. The largest absolute Gasteiger partial charge is 0.313 e. The number of hydrogen-bond acceptors (Lipinski definition) is 0. The number of nitrogens with zero attached hydrogens (tertiary/aromatic N) is 1. The highest BCUT2D eigenvalue weighted by atomic mass is 31.1. The van der Waals surface area contributed by atoms with Crippen LogP contribution in [0.2, 0.25) is 0 Å². The van der Waals surface area contributed by atoms with Crippen LogP contribution < -0.4 is 4.90 Å². The van der Waals surface area contributed by atoms with Gasteiger partial charge in [0.05, 0.1) is 0 Å². The summed E-state index contributed by atoms with van der Waals surface area (Å²) in [5, 5.41) is 0. The fourth-order valence-corrected chi connectivity index (χ4v) is 2.07. The molecule has 2 aromatic carbocycles. The third-order valence-electron chi connectivity index (χ3n) is 2.30. The highest BCUT2D eigenvalue weighted by molar-refractivity contribution is 7.37. The summed E-state index contributed by atoms with van der Waals surface area (Å²) in [7, 11) is 1.25. The van der Waals surface area contributed by atoms with Gasteiger partial charge in [0.1, 0.15) is 0 Å². The second-order valence-corrected chi connectivity index (χ2v) is 4.16. The van der Waals surface area contributed by atoms with E-state index in [4.69, 9.17) is 0 Å². The lowest BCUT2D eigenvalue weighted by molar-refractivity contribution is 1.39. The minimum Gasteiger partial charge on any atom is -0.313 e. The van der Waals surface area contributed by atoms with Crippen molar-refractivity contribution >= 4 is 25.5 Å². The Morgan fingerprint density at radius 1 is 0.812 bits per heavy atom. The Balaban J connectivity index is 2.39. The average Bonchev–Trinajstić information content (AvgIpc) is 2.38. The summed E-state index contributed by atoms with van der Waals surface area (Å²) in [5.74, 6) is 2.17. The van der Waals surface area contributed by atoms with Crippen LogP contribution in [0.15, 0.2) is 60.7 Å². The molecule has 0 N–H and O–H groups in total. The van der Waals surface area contributed by atoms with E-state index in [1.54, 1.807) is 0 Å². The summed E-state index contributed by atoms with van der Waals surface area (Å²) >= 11 is 0. The van der Waals surface area contributed by atoms with Crippen LogP contribution in [0.3, 0.4) is 0 Å². The van der Waals surface area contributed by atoms with Crippen molar-refractivity contribution in [1.29, 1.82) is 0 Å². The molecule has 16 heavy (non-hydrogen) atoms. The zero-order valence-electron chi connectivity index (χ0n) is 9.25. The first kappa shape index (κ1) is 10.9. The van der Waals surface area contributed by atoms with E-state index >= 15 is 0 Å². The van der Waals surface area contributed by atoms with Crippen LogP contribution in [0.25, 0.3) is 0 Å². The minimum atomic E-state index is 1.20. The van der Waals surface area contributed by atoms with Crippen molar-refractivity contribution in [3.63, 3.8) is 0 Å². The summed E-state index contributed by atoms with van der Waals surface area (Å²) < 4.78 is 0. The number of anilines is 2. The highest BCUT2D eigenvalue weighted by Crippen LogP contribution is 2.23. The first-order chi connectivity index (χ1) is 7.92. The molecule has 0 bridgehead atoms. The summed E-state index contributed by atoms with van der Waals surface area (Å²) in [6, 6.07) is 20.8. The Hall–Kier alpha value is -1.59. The highest BCUT2D eigenvalue weighted by Gasteiger charge is 2.03. The SMILES string of the molecule is C/P=C/N(c1ccccc1)c1ccccc1. The maximum absolute atomic E-state index is 2.21. The summed E-state index contributed by atoms with van der Waals surface area (Å²) in [6.07, 6.45) is 0. The van der Waals surface area contributed by atoms with E-state index in [9.17, 15) is 0 Å². The van der Waals surface area contributed by atoms with Crippen molar-refractivity contribution < 1.29 is 0 Å². The molecule has 0 aliphatic rings. The second-order valence-electron chi connectivity index (χ2n) is 3.41. The van der Waals surface area contributed by atoms with Crippen LogP contribution >= 0.6 is 8.20 Å². The molecule has 0 aliphatic carbocycles. The lowest BCUT2D eigenvalue weighted by Crippen LogP contribution is -2.12. The van der Waals surface area contributed by atoms with Crippen molar-refractivity contribution in [2.24, 2.45) is 0 Å². The lowest BCUT2D eigenvalue weighted by atomic mass is 10.2. The molecule has 0 fully saturated rings. The number of hydrogen-bond donors (Lipinski definition) is 0. The van der Waals surface area contributed by atoms with E-state index < -0.39 is 0 Å². The van der Waals surface area contributed by atoms with Crippen LogP contribution in [-0.4, -0.2) is 12.6 Å². The van der Waals surface area contributed by atoms with Crippen molar-refractivity contribution in [2.45, 2.75) is 0 Å². The predicted molar refractivity (Wildman–Crippen MR) is 73.9 cm³/mol. The molecular weight excluding hydrogens is 213 g/mol. The Bertz CT molecular complexity index is 411. The Kier molecular flexibility index (Phi) is 3.74. The molecule has 0 aromatic heterocycles. The molecule has 0 aliphatic heterocycles. The van der Waals surface area contributed by atoms with Gasteiger partial charge in [-0.1, -0.05) is 44.6 Å². The molecule has 0 saturated carbocycles. The van der Waals surface area contributed by atoms with Gasteiger partial charge in [0.15, 0.2) is 0 Å². The maximum Gasteiger partial charge on any atom is 0.0459 e.